The van der Waals surface area contributed by atoms with Crippen molar-refractivity contribution in [1.29, 1.82) is 0 Å². The lowest BCUT2D eigenvalue weighted by Gasteiger charge is -2.36. The molecule has 0 bridgehead atoms. The molecular formula is C21H29NOSi. The Balaban J connectivity index is 2.33. The van der Waals surface area contributed by atoms with Crippen LogP contribution in [0.25, 0.3) is 0 Å². The van der Waals surface area contributed by atoms with Crippen LogP contribution in [0.4, 0.5) is 5.69 Å². The lowest BCUT2D eigenvalue weighted by molar-refractivity contribution is 0.491. The molecule has 0 atom stereocenters. The van der Waals surface area contributed by atoms with Crippen LogP contribution in [0, 0.1) is 13.8 Å². The van der Waals surface area contributed by atoms with Crippen molar-refractivity contribution in [1.82, 2.24) is 0 Å². The number of nitrogens with zero attached hydrogens (tertiary/aromatic N) is 1. The second-order valence-electron chi connectivity index (χ2n) is 7.88. The van der Waals surface area contributed by atoms with Gasteiger partial charge < -0.3 is 4.43 Å². The molecule has 0 radical (unpaired) electrons. The van der Waals surface area contributed by atoms with Gasteiger partial charge in [-0.15, -0.1) is 0 Å². The van der Waals surface area contributed by atoms with E-state index in [9.17, 15) is 0 Å². The first-order valence-electron chi connectivity index (χ1n) is 8.50. The summed E-state index contributed by atoms with van der Waals surface area (Å²) in [4.78, 5) is 4.70. The zero-order valence-corrected chi connectivity index (χ0v) is 17.0. The number of hydrogen-bond donors (Lipinski definition) is 0. The van der Waals surface area contributed by atoms with Gasteiger partial charge in [0.25, 0.3) is 8.32 Å². The zero-order chi connectivity index (χ0) is 18.0. The first-order chi connectivity index (χ1) is 11.1. The van der Waals surface area contributed by atoms with Gasteiger partial charge in [0.2, 0.25) is 0 Å². The van der Waals surface area contributed by atoms with E-state index in [0.717, 1.165) is 17.0 Å². The van der Waals surface area contributed by atoms with Crippen molar-refractivity contribution < 1.29 is 4.43 Å². The molecule has 0 unspecified atom stereocenters. The highest BCUT2D eigenvalue weighted by atomic mass is 28.4. The highest BCUT2D eigenvalue weighted by molar-refractivity contribution is 6.74. The Hall–Kier alpha value is -1.87. The number of para-hydroxylation sites is 1. The minimum absolute atomic E-state index is 0.171. The monoisotopic (exact) mass is 339 g/mol. The maximum atomic E-state index is 6.49. The van der Waals surface area contributed by atoms with Crippen LogP contribution in [0.2, 0.25) is 18.1 Å². The second kappa shape index (κ2) is 6.94. The van der Waals surface area contributed by atoms with Gasteiger partial charge in [0.05, 0.1) is 5.69 Å². The molecule has 0 fully saturated rings. The molecule has 2 rings (SSSR count). The number of benzene rings is 2. The molecule has 0 aliphatic carbocycles. The molecule has 128 valence electrons. The van der Waals surface area contributed by atoms with E-state index < -0.39 is 8.32 Å². The molecule has 2 aromatic rings. The molecule has 0 aliphatic rings. The summed E-state index contributed by atoms with van der Waals surface area (Å²) in [5.41, 5.74) is 4.52. The lowest BCUT2D eigenvalue weighted by atomic mass is 10.1. The van der Waals surface area contributed by atoms with Crippen molar-refractivity contribution in [3.63, 3.8) is 0 Å². The molecule has 24 heavy (non-hydrogen) atoms. The average molecular weight is 340 g/mol. The molecule has 2 aromatic carbocycles. The molecule has 0 amide bonds. The fourth-order valence-electron chi connectivity index (χ4n) is 2.12. The number of hydrogen-bond acceptors (Lipinski definition) is 2. The molecule has 0 saturated heterocycles. The molecule has 2 nitrogen and oxygen atoms in total. The standard InChI is InChI=1S/C21H29NOSi/c1-16-11-10-13-19(17(16)2)22-15-18-12-8-9-14-20(18)23-24(6,7)21(3,4)5/h8-15H,1-7H3. The topological polar surface area (TPSA) is 21.6 Å². The number of aliphatic imine (C=N–C) groups is 1. The van der Waals surface area contributed by atoms with Gasteiger partial charge in [-0.1, -0.05) is 45.0 Å². The summed E-state index contributed by atoms with van der Waals surface area (Å²) in [5, 5.41) is 0.171. The zero-order valence-electron chi connectivity index (χ0n) is 16.0. The molecule has 0 aliphatic heterocycles. The van der Waals surface area contributed by atoms with Crippen molar-refractivity contribution in [3.8, 4) is 5.75 Å². The summed E-state index contributed by atoms with van der Waals surface area (Å²) in [6.45, 7) is 15.5. The lowest BCUT2D eigenvalue weighted by Crippen LogP contribution is -2.44. The van der Waals surface area contributed by atoms with Crippen molar-refractivity contribution in [2.45, 2.75) is 52.8 Å². The van der Waals surface area contributed by atoms with Gasteiger partial charge in [0.1, 0.15) is 5.75 Å². The third kappa shape index (κ3) is 4.15. The van der Waals surface area contributed by atoms with Gasteiger partial charge >= 0.3 is 0 Å². The van der Waals surface area contributed by atoms with Gasteiger partial charge in [-0.2, -0.15) is 0 Å². The Kier molecular flexibility index (Phi) is 5.34. The Labute approximate surface area is 147 Å². The Morgan fingerprint density at radius 1 is 0.958 bits per heavy atom. The molecule has 0 saturated carbocycles. The van der Waals surface area contributed by atoms with Crippen LogP contribution in [-0.4, -0.2) is 14.5 Å². The van der Waals surface area contributed by atoms with E-state index in [4.69, 9.17) is 9.42 Å². The van der Waals surface area contributed by atoms with E-state index in [1.165, 1.54) is 11.1 Å². The van der Waals surface area contributed by atoms with Gasteiger partial charge in [-0.25, -0.2) is 0 Å². The maximum absolute atomic E-state index is 6.49. The maximum Gasteiger partial charge on any atom is 0.250 e. The fraction of sp³-hybridized carbons (Fsp3) is 0.381. The van der Waals surface area contributed by atoms with E-state index >= 15 is 0 Å². The van der Waals surface area contributed by atoms with Crippen molar-refractivity contribution in [2.24, 2.45) is 4.99 Å². The average Bonchev–Trinajstić information content (AvgIpc) is 2.48. The minimum Gasteiger partial charge on any atom is -0.543 e. The Morgan fingerprint density at radius 2 is 1.62 bits per heavy atom. The van der Waals surface area contributed by atoms with Crippen molar-refractivity contribution in [3.05, 3.63) is 59.2 Å². The normalized spacial score (nSPS) is 12.6. The van der Waals surface area contributed by atoms with Crippen molar-refractivity contribution in [2.75, 3.05) is 0 Å². The van der Waals surface area contributed by atoms with Crippen LogP contribution in [0.1, 0.15) is 37.5 Å². The minimum atomic E-state index is -1.87. The van der Waals surface area contributed by atoms with E-state index in [2.05, 4.69) is 65.9 Å². The molecule has 0 spiro atoms. The third-order valence-electron chi connectivity index (χ3n) is 5.01. The van der Waals surface area contributed by atoms with Gasteiger partial charge in [0.15, 0.2) is 0 Å². The van der Waals surface area contributed by atoms with Crippen LogP contribution in [0.5, 0.6) is 5.75 Å². The van der Waals surface area contributed by atoms with Crippen LogP contribution >= 0.6 is 0 Å². The first kappa shape index (κ1) is 18.5. The molecule has 0 heterocycles. The van der Waals surface area contributed by atoms with Crippen molar-refractivity contribution >= 4 is 20.2 Å². The molecule has 0 aromatic heterocycles. The van der Waals surface area contributed by atoms with Crippen LogP contribution < -0.4 is 4.43 Å². The predicted molar refractivity (Wildman–Crippen MR) is 107 cm³/mol. The summed E-state index contributed by atoms with van der Waals surface area (Å²) in [5.74, 6) is 0.929. The molecule has 0 N–H and O–H groups in total. The summed E-state index contributed by atoms with van der Waals surface area (Å²) in [6, 6.07) is 14.4. The van der Waals surface area contributed by atoms with Crippen LogP contribution in [0.15, 0.2) is 47.5 Å². The summed E-state index contributed by atoms with van der Waals surface area (Å²) >= 11 is 0. The molecular weight excluding hydrogens is 310 g/mol. The number of rotatable bonds is 4. The van der Waals surface area contributed by atoms with Crippen LogP contribution in [0.3, 0.4) is 0 Å². The highest BCUT2D eigenvalue weighted by Gasteiger charge is 2.39. The molecule has 3 heteroatoms. The van der Waals surface area contributed by atoms with E-state index in [0.29, 0.717) is 0 Å². The van der Waals surface area contributed by atoms with E-state index in [1.807, 2.05) is 30.5 Å². The highest BCUT2D eigenvalue weighted by Crippen LogP contribution is 2.38. The third-order valence-corrected chi connectivity index (χ3v) is 9.35. The SMILES string of the molecule is Cc1cccc(N=Cc2ccccc2O[Si](C)(C)C(C)(C)C)c1C. The predicted octanol–water partition coefficient (Wildman–Crippen LogP) is 6.44. The van der Waals surface area contributed by atoms with E-state index in [1.54, 1.807) is 0 Å². The van der Waals surface area contributed by atoms with Crippen LogP contribution in [-0.2, 0) is 0 Å². The summed E-state index contributed by atoms with van der Waals surface area (Å²) in [7, 11) is -1.87. The smallest absolute Gasteiger partial charge is 0.250 e. The van der Waals surface area contributed by atoms with Gasteiger partial charge in [0, 0.05) is 11.8 Å². The second-order valence-corrected chi connectivity index (χ2v) is 12.6. The first-order valence-corrected chi connectivity index (χ1v) is 11.4. The van der Waals surface area contributed by atoms with Gasteiger partial charge in [-0.05, 0) is 61.3 Å². The largest absolute Gasteiger partial charge is 0.543 e. The number of aryl methyl sites for hydroxylation is 1. The summed E-state index contributed by atoms with van der Waals surface area (Å²) in [6.07, 6.45) is 1.92. The quantitative estimate of drug-likeness (QED) is 0.464. The Morgan fingerprint density at radius 3 is 2.29 bits per heavy atom. The van der Waals surface area contributed by atoms with E-state index in [-0.39, 0.29) is 5.04 Å². The fourth-order valence-corrected chi connectivity index (χ4v) is 3.16. The van der Waals surface area contributed by atoms with Gasteiger partial charge in [-0.3, -0.25) is 4.99 Å². The Bertz CT molecular complexity index is 742. The summed E-state index contributed by atoms with van der Waals surface area (Å²) < 4.78 is 6.49.